The Morgan fingerprint density at radius 3 is 2.08 bits per heavy atom. The molecule has 3 atom stereocenters. The highest BCUT2D eigenvalue weighted by Gasteiger charge is 2.66. The lowest BCUT2D eigenvalue weighted by Gasteiger charge is -2.36. The molecule has 0 radical (unpaired) electrons. The highest BCUT2D eigenvalue weighted by atomic mass is 32.2. The van der Waals surface area contributed by atoms with E-state index >= 15 is 0 Å². The van der Waals surface area contributed by atoms with Crippen molar-refractivity contribution in [1.29, 1.82) is 0 Å². The van der Waals surface area contributed by atoms with Gasteiger partial charge in [0.25, 0.3) is 16.5 Å². The molecular formula is C41H34N2O8S. The van der Waals surface area contributed by atoms with Crippen molar-refractivity contribution in [3.63, 3.8) is 0 Å². The lowest BCUT2D eigenvalue weighted by atomic mass is 9.80. The van der Waals surface area contributed by atoms with E-state index in [1.807, 2.05) is 42.5 Å². The van der Waals surface area contributed by atoms with E-state index in [1.54, 1.807) is 24.3 Å². The predicted octanol–water partition coefficient (Wildman–Crippen LogP) is 6.20. The van der Waals surface area contributed by atoms with Gasteiger partial charge in [0, 0.05) is 12.7 Å². The van der Waals surface area contributed by atoms with Crippen molar-refractivity contribution in [3.8, 4) is 16.9 Å². The smallest absolute Gasteiger partial charge is 0.338 e. The molecule has 5 aromatic carbocycles. The van der Waals surface area contributed by atoms with Crippen LogP contribution in [0.5, 0.6) is 5.75 Å². The molecule has 8 rings (SSSR count). The summed E-state index contributed by atoms with van der Waals surface area (Å²) in [5, 5.41) is 0. The van der Waals surface area contributed by atoms with Gasteiger partial charge in [-0.15, -0.1) is 0 Å². The van der Waals surface area contributed by atoms with Gasteiger partial charge in [0.05, 0.1) is 47.4 Å². The number of rotatable bonds is 10. The maximum absolute atomic E-state index is 14.9. The molecule has 2 aliphatic heterocycles. The molecule has 0 N–H and O–H groups in total. The fraction of sp³-hybridized carbons (Fsp3) is 0.171. The largest absolute Gasteiger partial charge is 0.467 e. The van der Waals surface area contributed by atoms with Crippen LogP contribution in [0.3, 0.4) is 0 Å². The fourth-order valence-corrected chi connectivity index (χ4v) is 9.44. The average molecular weight is 715 g/mol. The second kappa shape index (κ2) is 13.1. The molecule has 1 saturated heterocycles. The van der Waals surface area contributed by atoms with Crippen molar-refractivity contribution in [2.75, 3.05) is 31.9 Å². The number of hydrogen-bond acceptors (Lipinski definition) is 9. The number of carbonyl (C=O) groups is 2. The lowest BCUT2D eigenvalue weighted by molar-refractivity contribution is -0.125. The van der Waals surface area contributed by atoms with Crippen LogP contribution in [0.25, 0.3) is 17.2 Å². The molecule has 1 unspecified atom stereocenters. The molecule has 10 nitrogen and oxygen atoms in total. The number of ether oxygens (including phenoxy) is 4. The topological polar surface area (TPSA) is 111 Å². The summed E-state index contributed by atoms with van der Waals surface area (Å²) in [5.41, 5.74) is 4.71. The number of hydrogen-bond donors (Lipinski definition) is 0. The van der Waals surface area contributed by atoms with Crippen molar-refractivity contribution >= 4 is 34.2 Å². The fourth-order valence-electron chi connectivity index (χ4n) is 7.92. The Hall–Kier alpha value is -5.75. The van der Waals surface area contributed by atoms with E-state index in [1.165, 1.54) is 42.8 Å². The number of fused-ring (bicyclic) bond motifs is 5. The number of sulfonamides is 1. The molecule has 0 saturated carbocycles. The van der Waals surface area contributed by atoms with E-state index in [0.29, 0.717) is 12.2 Å². The second-order valence-corrected chi connectivity index (χ2v) is 14.5. The second-order valence-electron chi connectivity index (χ2n) is 12.6. The van der Waals surface area contributed by atoms with Gasteiger partial charge in [0.1, 0.15) is 11.5 Å². The zero-order chi connectivity index (χ0) is 36.0. The van der Waals surface area contributed by atoms with Crippen LogP contribution in [0.15, 0.2) is 132 Å². The molecular weight excluding hydrogens is 681 g/mol. The minimum Gasteiger partial charge on any atom is -0.467 e. The summed E-state index contributed by atoms with van der Waals surface area (Å²) in [6.07, 6.45) is 1.63. The lowest BCUT2D eigenvalue weighted by Crippen LogP contribution is -2.41. The standard InChI is InChI=1S/C41H34N2O8S/c1-48-26-51-37-22-27(40(45)49-2)21-35-32(37)23-38(50-25-44)39-36(24-42(35)52(46,47)29-15-7-4-8-16-29)43(39)41(28-13-5-3-6-14-28)33-19-11-9-17-30(33)31-18-10-12-20-34(31)41/h3-23,25,36,39H,24,26H2,1-2H3/b38-23+/t36-,39-,43?/m0/s1. The molecule has 2 heterocycles. The van der Waals surface area contributed by atoms with Gasteiger partial charge in [0.15, 0.2) is 6.79 Å². The van der Waals surface area contributed by atoms with Crippen LogP contribution in [0.2, 0.25) is 0 Å². The third kappa shape index (κ3) is 5.11. The van der Waals surface area contributed by atoms with Crippen molar-refractivity contribution in [2.24, 2.45) is 0 Å². The van der Waals surface area contributed by atoms with E-state index in [0.717, 1.165) is 27.8 Å². The van der Waals surface area contributed by atoms with Gasteiger partial charge in [0.2, 0.25) is 0 Å². The van der Waals surface area contributed by atoms with Gasteiger partial charge in [-0.1, -0.05) is 97.1 Å². The summed E-state index contributed by atoms with van der Waals surface area (Å²) in [4.78, 5) is 27.6. The Morgan fingerprint density at radius 1 is 0.846 bits per heavy atom. The summed E-state index contributed by atoms with van der Waals surface area (Å²) in [7, 11) is -1.57. The highest BCUT2D eigenvalue weighted by Crippen LogP contribution is 2.61. The van der Waals surface area contributed by atoms with Gasteiger partial charge < -0.3 is 18.9 Å². The van der Waals surface area contributed by atoms with Gasteiger partial charge in [-0.25, -0.2) is 13.2 Å². The predicted molar refractivity (Wildman–Crippen MR) is 194 cm³/mol. The molecule has 5 aromatic rings. The monoisotopic (exact) mass is 714 g/mol. The minimum absolute atomic E-state index is 0.0655. The zero-order valence-corrected chi connectivity index (χ0v) is 29.2. The Bertz CT molecular complexity index is 2280. The van der Waals surface area contributed by atoms with Gasteiger partial charge >= 0.3 is 5.97 Å². The molecule has 0 aromatic heterocycles. The maximum Gasteiger partial charge on any atom is 0.338 e. The molecule has 0 spiro atoms. The molecule has 1 fully saturated rings. The van der Waals surface area contributed by atoms with Crippen LogP contribution >= 0.6 is 0 Å². The van der Waals surface area contributed by atoms with E-state index < -0.39 is 33.6 Å². The third-order valence-corrected chi connectivity index (χ3v) is 11.8. The maximum atomic E-state index is 14.9. The normalized spacial score (nSPS) is 20.4. The van der Waals surface area contributed by atoms with Gasteiger partial charge in [-0.2, -0.15) is 0 Å². The molecule has 262 valence electrons. The first-order valence-corrected chi connectivity index (χ1v) is 18.1. The minimum atomic E-state index is -4.26. The number of benzene rings is 5. The molecule has 0 amide bonds. The van der Waals surface area contributed by atoms with E-state index in [-0.39, 0.29) is 40.8 Å². The zero-order valence-electron chi connectivity index (χ0n) is 28.3. The van der Waals surface area contributed by atoms with Crippen LogP contribution < -0.4 is 9.04 Å². The van der Waals surface area contributed by atoms with Crippen LogP contribution in [-0.4, -0.2) is 65.4 Å². The molecule has 3 aliphatic rings. The Kier molecular flexibility index (Phi) is 8.41. The number of carbonyl (C=O) groups excluding carboxylic acids is 2. The van der Waals surface area contributed by atoms with Crippen LogP contribution in [0.4, 0.5) is 5.69 Å². The average Bonchev–Trinajstić information content (AvgIpc) is 3.80. The number of nitrogens with zero attached hydrogens (tertiary/aromatic N) is 2. The molecule has 1 aliphatic carbocycles. The van der Waals surface area contributed by atoms with Crippen LogP contribution in [-0.2, 0) is 34.6 Å². The van der Waals surface area contributed by atoms with Crippen molar-refractivity contribution in [2.45, 2.75) is 22.5 Å². The molecule has 52 heavy (non-hydrogen) atoms. The summed E-state index contributed by atoms with van der Waals surface area (Å²) >= 11 is 0. The Balaban J connectivity index is 1.42. The number of esters is 1. The number of anilines is 1. The first-order valence-electron chi connectivity index (χ1n) is 16.7. The van der Waals surface area contributed by atoms with Crippen molar-refractivity contribution in [3.05, 3.63) is 155 Å². The summed E-state index contributed by atoms with van der Waals surface area (Å²) in [6.45, 7) is 0.105. The number of methoxy groups -OCH3 is 2. The Morgan fingerprint density at radius 2 is 1.46 bits per heavy atom. The highest BCUT2D eigenvalue weighted by molar-refractivity contribution is 7.92. The van der Waals surface area contributed by atoms with Crippen LogP contribution in [0, 0.1) is 0 Å². The molecule has 11 heteroatoms. The van der Waals surface area contributed by atoms with Crippen molar-refractivity contribution in [1.82, 2.24) is 4.90 Å². The van der Waals surface area contributed by atoms with E-state index in [4.69, 9.17) is 18.9 Å². The van der Waals surface area contributed by atoms with E-state index in [2.05, 4.69) is 41.3 Å². The summed E-state index contributed by atoms with van der Waals surface area (Å²) in [5.74, 6) is -0.256. The first-order chi connectivity index (χ1) is 25.4. The van der Waals surface area contributed by atoms with Crippen molar-refractivity contribution < 1.29 is 37.0 Å². The van der Waals surface area contributed by atoms with Gasteiger partial charge in [-0.05, 0) is 58.2 Å². The first kappa shape index (κ1) is 33.4. The summed E-state index contributed by atoms with van der Waals surface area (Å²) < 4.78 is 53.1. The third-order valence-electron chi connectivity index (χ3n) is 10.0. The Labute approximate surface area is 301 Å². The van der Waals surface area contributed by atoms with E-state index in [9.17, 15) is 18.0 Å². The van der Waals surface area contributed by atoms with Gasteiger partial charge in [-0.3, -0.25) is 14.0 Å². The van der Waals surface area contributed by atoms with Crippen LogP contribution in [0.1, 0.15) is 32.6 Å². The summed E-state index contributed by atoms with van der Waals surface area (Å²) in [6, 6.07) is 36.5. The molecule has 0 bridgehead atoms. The SMILES string of the molecule is COCOc1cc(C(=O)OC)cc2c1/C=C(/OC=O)[C@@H]1[C@H](CN2S(=O)(=O)c2ccccc2)N1C1(c2ccccc2)c2ccccc2-c2ccccc21. The quantitative estimate of drug-likeness (QED) is 0.0723.